The van der Waals surface area contributed by atoms with Gasteiger partial charge in [-0.3, -0.25) is 9.59 Å². The number of fused-ring (bicyclic) bond motifs is 1. The number of esters is 1. The number of aromatic nitrogens is 2. The first-order valence-corrected chi connectivity index (χ1v) is 9.04. The molecule has 1 amide bonds. The van der Waals surface area contributed by atoms with Crippen LogP contribution in [-0.4, -0.2) is 35.1 Å². The Kier molecular flexibility index (Phi) is 5.92. The molecule has 8 heteroatoms. The maximum absolute atomic E-state index is 12.7. The van der Waals surface area contributed by atoms with Gasteiger partial charge in [-0.15, -0.1) is 0 Å². The Morgan fingerprint density at radius 2 is 1.86 bits per heavy atom. The Bertz CT molecular complexity index is 1120. The van der Waals surface area contributed by atoms with E-state index in [9.17, 15) is 14.4 Å². The zero-order valence-corrected chi connectivity index (χ0v) is 16.4. The fourth-order valence-corrected chi connectivity index (χ4v) is 2.86. The largest absolute Gasteiger partial charge is 0.497 e. The zero-order chi connectivity index (χ0) is 21.0. The number of aryl methyl sites for hydroxylation is 1. The number of carbonyl (C=O) groups excluding carboxylic acids is 2. The highest BCUT2D eigenvalue weighted by atomic mass is 16.5. The average Bonchev–Trinajstić information content (AvgIpc) is 2.70. The van der Waals surface area contributed by atoms with Crippen LogP contribution >= 0.6 is 0 Å². The third kappa shape index (κ3) is 4.43. The lowest BCUT2D eigenvalue weighted by molar-refractivity contribution is -0.116. The van der Waals surface area contributed by atoms with E-state index in [0.717, 1.165) is 0 Å². The molecule has 0 saturated carbocycles. The van der Waals surface area contributed by atoms with Gasteiger partial charge in [-0.05, 0) is 50.2 Å². The Hall–Kier alpha value is -3.68. The van der Waals surface area contributed by atoms with E-state index >= 15 is 0 Å². The standard InChI is InChI=1S/C21H21N3O5/c1-4-29-21(27)17-11-24(20-16(19(17)26)10-5-13(2)22-20)12-18(25)23-14-6-8-15(28-3)9-7-14/h5-11H,4,12H2,1-3H3,(H,23,25). The maximum Gasteiger partial charge on any atom is 0.343 e. The van der Waals surface area contributed by atoms with Crippen LogP contribution in [-0.2, 0) is 16.1 Å². The Morgan fingerprint density at radius 3 is 2.52 bits per heavy atom. The first-order valence-electron chi connectivity index (χ1n) is 9.04. The van der Waals surface area contributed by atoms with Gasteiger partial charge in [0, 0.05) is 17.6 Å². The van der Waals surface area contributed by atoms with Gasteiger partial charge in [0.25, 0.3) is 0 Å². The molecule has 0 aliphatic rings. The van der Waals surface area contributed by atoms with Crippen LogP contribution in [0.2, 0.25) is 0 Å². The highest BCUT2D eigenvalue weighted by Gasteiger charge is 2.18. The highest BCUT2D eigenvalue weighted by Crippen LogP contribution is 2.16. The van der Waals surface area contributed by atoms with E-state index in [1.165, 1.54) is 10.8 Å². The van der Waals surface area contributed by atoms with Crippen molar-refractivity contribution in [3.8, 4) is 5.75 Å². The second kappa shape index (κ2) is 8.55. The summed E-state index contributed by atoms with van der Waals surface area (Å²) in [5, 5.41) is 3.02. The van der Waals surface area contributed by atoms with E-state index in [-0.39, 0.29) is 30.0 Å². The van der Waals surface area contributed by atoms with Gasteiger partial charge in [0.15, 0.2) is 0 Å². The van der Waals surface area contributed by atoms with Crippen molar-refractivity contribution in [3.05, 3.63) is 64.1 Å². The second-order valence-electron chi connectivity index (χ2n) is 6.32. The summed E-state index contributed by atoms with van der Waals surface area (Å²) in [6, 6.07) is 10.2. The van der Waals surface area contributed by atoms with Crippen LogP contribution in [0.1, 0.15) is 23.0 Å². The van der Waals surface area contributed by atoms with Crippen molar-refractivity contribution in [2.75, 3.05) is 19.0 Å². The molecule has 8 nitrogen and oxygen atoms in total. The van der Waals surface area contributed by atoms with E-state index in [1.54, 1.807) is 57.4 Å². The van der Waals surface area contributed by atoms with E-state index in [0.29, 0.717) is 22.8 Å². The summed E-state index contributed by atoms with van der Waals surface area (Å²) in [5.74, 6) is -0.393. The maximum atomic E-state index is 12.7. The van der Waals surface area contributed by atoms with Gasteiger partial charge in [-0.25, -0.2) is 9.78 Å². The quantitative estimate of drug-likeness (QED) is 0.644. The molecule has 0 atom stereocenters. The molecule has 1 aromatic carbocycles. The van der Waals surface area contributed by atoms with E-state index in [2.05, 4.69) is 10.3 Å². The summed E-state index contributed by atoms with van der Waals surface area (Å²) >= 11 is 0. The predicted octanol–water partition coefficient (Wildman–Crippen LogP) is 2.53. The van der Waals surface area contributed by atoms with Crippen LogP contribution in [0.3, 0.4) is 0 Å². The highest BCUT2D eigenvalue weighted by molar-refractivity contribution is 5.95. The number of amides is 1. The molecule has 2 aromatic heterocycles. The first kappa shape index (κ1) is 20.1. The molecule has 3 rings (SSSR count). The van der Waals surface area contributed by atoms with Crippen LogP contribution in [0.15, 0.2) is 47.4 Å². The number of hydrogen-bond acceptors (Lipinski definition) is 6. The normalized spacial score (nSPS) is 10.6. The molecule has 0 aliphatic carbocycles. The van der Waals surface area contributed by atoms with E-state index < -0.39 is 11.4 Å². The Balaban J connectivity index is 1.96. The molecule has 2 heterocycles. The lowest BCUT2D eigenvalue weighted by atomic mass is 10.2. The van der Waals surface area contributed by atoms with Gasteiger partial charge in [-0.1, -0.05) is 0 Å². The Morgan fingerprint density at radius 1 is 1.14 bits per heavy atom. The van der Waals surface area contributed by atoms with Crippen LogP contribution < -0.4 is 15.5 Å². The minimum atomic E-state index is -0.732. The van der Waals surface area contributed by atoms with Gasteiger partial charge >= 0.3 is 5.97 Å². The summed E-state index contributed by atoms with van der Waals surface area (Å²) in [4.78, 5) is 41.8. The Labute approximate surface area is 167 Å². The molecule has 0 unspecified atom stereocenters. The number of benzene rings is 1. The monoisotopic (exact) mass is 395 g/mol. The van der Waals surface area contributed by atoms with Crippen molar-refractivity contribution in [3.63, 3.8) is 0 Å². The summed E-state index contributed by atoms with van der Waals surface area (Å²) in [5.41, 5.74) is 0.994. The minimum Gasteiger partial charge on any atom is -0.497 e. The second-order valence-corrected chi connectivity index (χ2v) is 6.32. The number of ether oxygens (including phenoxy) is 2. The van der Waals surface area contributed by atoms with Crippen molar-refractivity contribution < 1.29 is 19.1 Å². The lowest BCUT2D eigenvalue weighted by Gasteiger charge is -2.13. The molecule has 0 radical (unpaired) electrons. The molecule has 0 saturated heterocycles. The molecule has 0 fully saturated rings. The summed E-state index contributed by atoms with van der Waals surface area (Å²) in [6.45, 7) is 3.45. The van der Waals surface area contributed by atoms with Crippen LogP contribution in [0, 0.1) is 6.92 Å². The molecule has 0 bridgehead atoms. The van der Waals surface area contributed by atoms with Crippen molar-refractivity contribution in [1.82, 2.24) is 9.55 Å². The third-order valence-electron chi connectivity index (χ3n) is 4.24. The number of nitrogens with one attached hydrogen (secondary N) is 1. The first-order chi connectivity index (χ1) is 13.9. The number of methoxy groups -OCH3 is 1. The van der Waals surface area contributed by atoms with Crippen molar-refractivity contribution >= 4 is 28.6 Å². The fourth-order valence-electron chi connectivity index (χ4n) is 2.86. The smallest absolute Gasteiger partial charge is 0.343 e. The van der Waals surface area contributed by atoms with Crippen LogP contribution in [0.5, 0.6) is 5.75 Å². The summed E-state index contributed by atoms with van der Waals surface area (Å²) in [6.07, 6.45) is 1.32. The van der Waals surface area contributed by atoms with Gasteiger partial charge in [0.2, 0.25) is 11.3 Å². The molecule has 0 spiro atoms. The third-order valence-corrected chi connectivity index (χ3v) is 4.24. The molecule has 1 N–H and O–H groups in total. The predicted molar refractivity (Wildman–Crippen MR) is 108 cm³/mol. The number of nitrogens with zero attached hydrogens (tertiary/aromatic N) is 2. The van der Waals surface area contributed by atoms with E-state index in [1.807, 2.05) is 0 Å². The van der Waals surface area contributed by atoms with Gasteiger partial charge < -0.3 is 19.4 Å². The van der Waals surface area contributed by atoms with Crippen molar-refractivity contribution in [2.24, 2.45) is 0 Å². The SMILES string of the molecule is CCOC(=O)c1cn(CC(=O)Nc2ccc(OC)cc2)c2nc(C)ccc2c1=O. The van der Waals surface area contributed by atoms with Gasteiger partial charge in [-0.2, -0.15) is 0 Å². The fraction of sp³-hybridized carbons (Fsp3) is 0.238. The van der Waals surface area contributed by atoms with Crippen molar-refractivity contribution in [1.29, 1.82) is 0 Å². The molecule has 0 aliphatic heterocycles. The molecule has 29 heavy (non-hydrogen) atoms. The van der Waals surface area contributed by atoms with Gasteiger partial charge in [0.1, 0.15) is 23.5 Å². The van der Waals surface area contributed by atoms with Gasteiger partial charge in [0.05, 0.1) is 19.1 Å². The van der Waals surface area contributed by atoms with Crippen LogP contribution in [0.4, 0.5) is 5.69 Å². The number of rotatable bonds is 6. The minimum absolute atomic E-state index is 0.133. The van der Waals surface area contributed by atoms with Crippen LogP contribution in [0.25, 0.3) is 11.0 Å². The average molecular weight is 395 g/mol. The zero-order valence-electron chi connectivity index (χ0n) is 16.4. The van der Waals surface area contributed by atoms with Crippen molar-refractivity contribution in [2.45, 2.75) is 20.4 Å². The molecule has 3 aromatic rings. The number of hydrogen-bond donors (Lipinski definition) is 1. The number of carbonyl (C=O) groups is 2. The number of pyridine rings is 2. The molecular weight excluding hydrogens is 374 g/mol. The topological polar surface area (TPSA) is 99.5 Å². The number of anilines is 1. The molecular formula is C21H21N3O5. The summed E-state index contributed by atoms with van der Waals surface area (Å²) in [7, 11) is 1.56. The van der Waals surface area contributed by atoms with E-state index in [4.69, 9.17) is 9.47 Å². The lowest BCUT2D eigenvalue weighted by Crippen LogP contribution is -2.25. The summed E-state index contributed by atoms with van der Waals surface area (Å²) < 4.78 is 11.6. The molecule has 150 valence electrons.